The van der Waals surface area contributed by atoms with Gasteiger partial charge in [-0.25, -0.2) is 22.9 Å². The summed E-state index contributed by atoms with van der Waals surface area (Å²) in [6.45, 7) is 2.07. The average Bonchev–Trinajstić information content (AvgIpc) is 3.59. The monoisotopic (exact) mass is 617 g/mol. The van der Waals surface area contributed by atoms with E-state index < -0.39 is 29.3 Å². The lowest BCUT2D eigenvalue weighted by molar-refractivity contribution is -0.0590. The van der Waals surface area contributed by atoms with Crippen LogP contribution in [0.1, 0.15) is 58.9 Å². The molecule has 0 amide bonds. The van der Waals surface area contributed by atoms with Crippen LogP contribution in [0.2, 0.25) is 0 Å². The van der Waals surface area contributed by atoms with E-state index in [0.717, 1.165) is 61.3 Å². The Labute approximate surface area is 257 Å². The second-order valence-electron chi connectivity index (χ2n) is 12.0. The standard InChI is InChI=1S/C33H30F3N5O4/c1-43-32(42)20-4-5-27-28(13-20)41(17-22-6-11-44-22)29(38-27)23-15-33(23)7-9-40(10-8-33)30-25(35)14-26(36)31(39-30)45-18-21-3-2-19(16-37)12-24(21)34/h2-5,12-14,22-23H,6-11,15,17-18H2,1H3/t22-,23?/m0/s1. The maximum atomic E-state index is 15.0. The van der Waals surface area contributed by atoms with Gasteiger partial charge < -0.3 is 23.7 Å². The second-order valence-corrected chi connectivity index (χ2v) is 12.0. The first-order valence-corrected chi connectivity index (χ1v) is 14.9. The molecule has 1 saturated carbocycles. The lowest BCUT2D eigenvalue weighted by atomic mass is 9.90. The molecule has 1 spiro atoms. The van der Waals surface area contributed by atoms with Crippen LogP contribution < -0.4 is 9.64 Å². The van der Waals surface area contributed by atoms with Gasteiger partial charge in [0.15, 0.2) is 17.5 Å². The van der Waals surface area contributed by atoms with Crippen LogP contribution in [0.4, 0.5) is 19.0 Å². The number of nitrogens with zero attached hydrogens (tertiary/aromatic N) is 5. The van der Waals surface area contributed by atoms with Gasteiger partial charge in [0, 0.05) is 37.2 Å². The fourth-order valence-electron chi connectivity index (χ4n) is 6.55. The Morgan fingerprint density at radius 3 is 2.58 bits per heavy atom. The minimum atomic E-state index is -0.981. The molecule has 3 aliphatic rings. The molecule has 0 radical (unpaired) electrons. The number of hydrogen-bond donors (Lipinski definition) is 0. The van der Waals surface area contributed by atoms with Crippen molar-refractivity contribution >= 4 is 22.8 Å². The molecule has 1 aliphatic carbocycles. The lowest BCUT2D eigenvalue weighted by Crippen LogP contribution is -2.36. The molecule has 232 valence electrons. The largest absolute Gasteiger partial charge is 0.471 e. The quantitative estimate of drug-likeness (QED) is 0.234. The Balaban J connectivity index is 1.08. The number of hydrogen-bond acceptors (Lipinski definition) is 8. The van der Waals surface area contributed by atoms with Crippen molar-refractivity contribution in [2.45, 2.75) is 50.9 Å². The van der Waals surface area contributed by atoms with Crippen LogP contribution in [0.3, 0.4) is 0 Å². The summed E-state index contributed by atoms with van der Waals surface area (Å²) in [5, 5.41) is 8.93. The molecule has 2 aliphatic heterocycles. The Bertz CT molecular complexity index is 1840. The zero-order valence-electron chi connectivity index (χ0n) is 24.6. The number of methoxy groups -OCH3 is 1. The lowest BCUT2D eigenvalue weighted by Gasteiger charge is -2.34. The fraction of sp³-hybridized carbons (Fsp3) is 0.394. The number of fused-ring (bicyclic) bond motifs is 1. The average molecular weight is 618 g/mol. The smallest absolute Gasteiger partial charge is 0.337 e. The number of pyridine rings is 1. The topological polar surface area (TPSA) is 103 Å². The molecule has 7 rings (SSSR count). The molecule has 45 heavy (non-hydrogen) atoms. The summed E-state index contributed by atoms with van der Waals surface area (Å²) in [5.74, 6) is -2.11. The van der Waals surface area contributed by atoms with E-state index in [1.54, 1.807) is 11.0 Å². The van der Waals surface area contributed by atoms with E-state index in [4.69, 9.17) is 24.5 Å². The number of piperidine rings is 1. The van der Waals surface area contributed by atoms with Crippen molar-refractivity contribution in [2.24, 2.45) is 5.41 Å². The van der Waals surface area contributed by atoms with E-state index in [2.05, 4.69) is 9.55 Å². The van der Waals surface area contributed by atoms with Crippen molar-refractivity contribution in [3.8, 4) is 11.9 Å². The number of benzene rings is 2. The number of anilines is 1. The number of halogens is 3. The molecule has 4 heterocycles. The highest BCUT2D eigenvalue weighted by Crippen LogP contribution is 2.65. The van der Waals surface area contributed by atoms with Crippen molar-refractivity contribution < 1.29 is 32.2 Å². The third-order valence-electron chi connectivity index (χ3n) is 9.36. The molecule has 0 bridgehead atoms. The Morgan fingerprint density at radius 1 is 1.09 bits per heavy atom. The molecule has 9 nitrogen and oxygen atoms in total. The van der Waals surface area contributed by atoms with Crippen molar-refractivity contribution in [3.05, 3.63) is 82.4 Å². The number of carbonyl (C=O) groups is 1. The van der Waals surface area contributed by atoms with Gasteiger partial charge in [-0.15, -0.1) is 0 Å². The predicted octanol–water partition coefficient (Wildman–Crippen LogP) is 5.65. The van der Waals surface area contributed by atoms with Crippen LogP contribution in [0, 0.1) is 34.2 Å². The third kappa shape index (κ3) is 5.35. The first kappa shape index (κ1) is 29.1. The number of esters is 1. The van der Waals surface area contributed by atoms with E-state index >= 15 is 0 Å². The summed E-state index contributed by atoms with van der Waals surface area (Å²) in [6, 6.07) is 11.9. The van der Waals surface area contributed by atoms with Gasteiger partial charge in [0.2, 0.25) is 0 Å². The number of imidazole rings is 1. The van der Waals surface area contributed by atoms with Crippen LogP contribution >= 0.6 is 0 Å². The van der Waals surface area contributed by atoms with Gasteiger partial charge in [-0.2, -0.15) is 10.2 Å². The molecule has 0 N–H and O–H groups in total. The minimum absolute atomic E-state index is 0.00969. The molecule has 2 aromatic carbocycles. The van der Waals surface area contributed by atoms with Crippen molar-refractivity contribution in [2.75, 3.05) is 31.7 Å². The van der Waals surface area contributed by atoms with Gasteiger partial charge in [-0.3, -0.25) is 0 Å². The molecule has 2 aromatic heterocycles. The molecule has 2 atom stereocenters. The number of rotatable bonds is 8. The Morgan fingerprint density at radius 2 is 1.89 bits per heavy atom. The number of nitriles is 1. The van der Waals surface area contributed by atoms with E-state index in [1.807, 2.05) is 18.2 Å². The zero-order valence-corrected chi connectivity index (χ0v) is 24.6. The molecular formula is C33H30F3N5O4. The molecule has 1 unspecified atom stereocenters. The third-order valence-corrected chi connectivity index (χ3v) is 9.36. The summed E-state index contributed by atoms with van der Waals surface area (Å²) in [4.78, 5) is 23.2. The number of carbonyl (C=O) groups excluding carboxylic acids is 1. The predicted molar refractivity (Wildman–Crippen MR) is 156 cm³/mol. The highest BCUT2D eigenvalue weighted by molar-refractivity contribution is 5.93. The van der Waals surface area contributed by atoms with E-state index in [1.165, 1.54) is 19.2 Å². The molecule has 4 aromatic rings. The summed E-state index contributed by atoms with van der Waals surface area (Å²) < 4.78 is 62.2. The first-order valence-electron chi connectivity index (χ1n) is 14.9. The summed E-state index contributed by atoms with van der Waals surface area (Å²) in [7, 11) is 1.36. The molecule has 3 fully saturated rings. The van der Waals surface area contributed by atoms with Crippen molar-refractivity contribution in [3.63, 3.8) is 0 Å². The maximum absolute atomic E-state index is 15.0. The van der Waals surface area contributed by atoms with Gasteiger partial charge in [0.1, 0.15) is 18.2 Å². The zero-order chi connectivity index (χ0) is 31.3. The minimum Gasteiger partial charge on any atom is -0.471 e. The molecular weight excluding hydrogens is 587 g/mol. The van der Waals surface area contributed by atoms with E-state index in [9.17, 15) is 18.0 Å². The Hall–Kier alpha value is -4.63. The molecule has 12 heteroatoms. The fourth-order valence-corrected chi connectivity index (χ4v) is 6.55. The van der Waals surface area contributed by atoms with Crippen molar-refractivity contribution in [1.82, 2.24) is 14.5 Å². The van der Waals surface area contributed by atoms with Crippen LogP contribution in [0.15, 0.2) is 42.5 Å². The maximum Gasteiger partial charge on any atom is 0.337 e. The highest BCUT2D eigenvalue weighted by Gasteiger charge is 2.57. The van der Waals surface area contributed by atoms with Gasteiger partial charge in [0.05, 0.1) is 48.0 Å². The normalized spacial score (nSPS) is 20.1. The van der Waals surface area contributed by atoms with E-state index in [-0.39, 0.29) is 41.0 Å². The first-order chi connectivity index (χ1) is 21.8. The SMILES string of the molecule is COC(=O)c1ccc2nc(C3CC34CCN(c3nc(OCc5ccc(C#N)cc5F)c(F)cc3F)CC4)n(C[C@@H]3CCO3)c2c1. The summed E-state index contributed by atoms with van der Waals surface area (Å²) >= 11 is 0. The number of aromatic nitrogens is 3. The summed E-state index contributed by atoms with van der Waals surface area (Å²) in [5.41, 5.74) is 2.41. The number of ether oxygens (including phenoxy) is 3. The second kappa shape index (κ2) is 11.4. The Kier molecular flexibility index (Phi) is 7.36. The van der Waals surface area contributed by atoms with Gasteiger partial charge in [-0.05, 0) is 61.4 Å². The van der Waals surface area contributed by atoms with Gasteiger partial charge >= 0.3 is 5.97 Å². The van der Waals surface area contributed by atoms with Crippen LogP contribution in [0.25, 0.3) is 11.0 Å². The van der Waals surface area contributed by atoms with Crippen LogP contribution in [-0.4, -0.2) is 53.4 Å². The highest BCUT2D eigenvalue weighted by atomic mass is 19.1. The molecule has 2 saturated heterocycles. The van der Waals surface area contributed by atoms with Crippen molar-refractivity contribution in [1.29, 1.82) is 5.26 Å². The van der Waals surface area contributed by atoms with Gasteiger partial charge in [-0.1, -0.05) is 6.07 Å². The van der Waals surface area contributed by atoms with Crippen LogP contribution in [-0.2, 0) is 22.6 Å². The van der Waals surface area contributed by atoms with Gasteiger partial charge in [0.25, 0.3) is 5.88 Å². The van der Waals surface area contributed by atoms with E-state index in [0.29, 0.717) is 25.2 Å². The summed E-state index contributed by atoms with van der Waals surface area (Å²) in [6.07, 6.45) is 3.52. The van der Waals surface area contributed by atoms with Crippen LogP contribution in [0.5, 0.6) is 5.88 Å².